The molecule has 1 atom stereocenters. The number of nitrogens with two attached hydrogens (primary N) is 1. The van der Waals surface area contributed by atoms with Gasteiger partial charge in [0.05, 0.1) is 41.0 Å². The van der Waals surface area contributed by atoms with Crippen molar-refractivity contribution in [1.82, 2.24) is 5.32 Å². The van der Waals surface area contributed by atoms with E-state index < -0.39 is 17.9 Å². The maximum atomic E-state index is 13.4. The fourth-order valence-electron chi connectivity index (χ4n) is 4.25. The topological polar surface area (TPSA) is 114 Å². The molecule has 1 aromatic carbocycles. The van der Waals surface area contributed by atoms with Gasteiger partial charge in [0.15, 0.2) is 0 Å². The fraction of sp³-hybridized carbons (Fsp3) is 0.375. The SMILES string of the molecule is COC(=O)C1=C(N)NC(C2CC2)=C(C(=O)OCC2CC2)C1c1csc2c(C#N)cccc12. The molecule has 32 heavy (non-hydrogen) atoms. The van der Waals surface area contributed by atoms with E-state index in [1.165, 1.54) is 18.4 Å². The number of esters is 2. The molecule has 2 aliphatic carbocycles. The molecule has 2 saturated carbocycles. The Morgan fingerprint density at radius 3 is 2.66 bits per heavy atom. The van der Waals surface area contributed by atoms with Crippen LogP contribution in [0.1, 0.15) is 42.7 Å². The highest BCUT2D eigenvalue weighted by Gasteiger charge is 2.44. The molecule has 7 nitrogen and oxygen atoms in total. The molecule has 5 rings (SSSR count). The molecular weight excluding hydrogens is 426 g/mol. The number of carbonyl (C=O) groups excluding carboxylic acids is 2. The number of nitriles is 1. The lowest BCUT2D eigenvalue weighted by molar-refractivity contribution is -0.140. The summed E-state index contributed by atoms with van der Waals surface area (Å²) in [5, 5.41) is 15.4. The Bertz CT molecular complexity index is 1230. The van der Waals surface area contributed by atoms with Gasteiger partial charge in [0.25, 0.3) is 0 Å². The Morgan fingerprint density at radius 2 is 2.00 bits per heavy atom. The fourth-order valence-corrected chi connectivity index (χ4v) is 5.31. The number of hydrogen-bond acceptors (Lipinski definition) is 8. The second kappa shape index (κ2) is 7.99. The largest absolute Gasteiger partial charge is 0.466 e. The number of dihydropyridines is 1. The summed E-state index contributed by atoms with van der Waals surface area (Å²) in [6.45, 7) is 0.378. The van der Waals surface area contributed by atoms with Crippen molar-refractivity contribution < 1.29 is 19.1 Å². The first kappa shape index (κ1) is 20.6. The first-order valence-corrected chi connectivity index (χ1v) is 11.6. The average molecular weight is 450 g/mol. The van der Waals surface area contributed by atoms with E-state index in [2.05, 4.69) is 11.4 Å². The van der Waals surface area contributed by atoms with Crippen molar-refractivity contribution in [3.63, 3.8) is 0 Å². The minimum atomic E-state index is -0.728. The second-order valence-corrected chi connectivity index (χ2v) is 9.39. The number of benzene rings is 1. The summed E-state index contributed by atoms with van der Waals surface area (Å²) in [6, 6.07) is 7.68. The standard InChI is InChI=1S/C24H23N3O4S/c1-30-23(28)19-17(16-11-32-21-14(9-25)3-2-4-15(16)21)18(24(29)31-10-12-5-6-12)20(13-7-8-13)27-22(19)26/h2-4,11-13,17,27H,5-8,10,26H2,1H3. The van der Waals surface area contributed by atoms with E-state index in [1.807, 2.05) is 11.4 Å². The maximum Gasteiger partial charge on any atom is 0.338 e. The lowest BCUT2D eigenvalue weighted by atomic mass is 9.80. The lowest BCUT2D eigenvalue weighted by Crippen LogP contribution is -2.37. The minimum Gasteiger partial charge on any atom is -0.466 e. The third-order valence-corrected chi connectivity index (χ3v) is 7.29. The van der Waals surface area contributed by atoms with Gasteiger partial charge in [-0.25, -0.2) is 9.59 Å². The van der Waals surface area contributed by atoms with Crippen LogP contribution in [0.15, 0.2) is 46.2 Å². The van der Waals surface area contributed by atoms with Crippen LogP contribution in [0.5, 0.6) is 0 Å². The molecule has 3 N–H and O–H groups in total. The molecule has 1 aromatic heterocycles. The molecule has 3 aliphatic rings. The zero-order chi connectivity index (χ0) is 22.4. The molecule has 8 heteroatoms. The second-order valence-electron chi connectivity index (χ2n) is 8.51. The van der Waals surface area contributed by atoms with Crippen molar-refractivity contribution in [3.05, 3.63) is 57.4 Å². The Balaban J connectivity index is 1.69. The zero-order valence-electron chi connectivity index (χ0n) is 17.6. The van der Waals surface area contributed by atoms with E-state index in [1.54, 1.807) is 12.1 Å². The molecule has 0 saturated heterocycles. The summed E-state index contributed by atoms with van der Waals surface area (Å²) >= 11 is 1.42. The van der Waals surface area contributed by atoms with E-state index in [-0.39, 0.29) is 17.3 Å². The predicted molar refractivity (Wildman–Crippen MR) is 119 cm³/mol. The molecule has 0 spiro atoms. The first-order valence-electron chi connectivity index (χ1n) is 10.7. The number of nitrogens with one attached hydrogen (secondary N) is 1. The molecule has 0 bridgehead atoms. The van der Waals surface area contributed by atoms with Crippen molar-refractivity contribution in [2.75, 3.05) is 13.7 Å². The van der Waals surface area contributed by atoms with E-state index >= 15 is 0 Å². The number of carbonyl (C=O) groups is 2. The van der Waals surface area contributed by atoms with Crippen molar-refractivity contribution in [2.45, 2.75) is 31.6 Å². The number of allylic oxidation sites excluding steroid dienone is 1. The highest BCUT2D eigenvalue weighted by Crippen LogP contribution is 2.48. The zero-order valence-corrected chi connectivity index (χ0v) is 18.5. The van der Waals surface area contributed by atoms with Crippen LogP contribution in [-0.4, -0.2) is 25.7 Å². The number of methoxy groups -OCH3 is 1. The molecular formula is C24H23N3O4S. The molecule has 1 unspecified atom stereocenters. The van der Waals surface area contributed by atoms with Gasteiger partial charge in [-0.15, -0.1) is 11.3 Å². The summed E-state index contributed by atoms with van der Waals surface area (Å²) in [5.41, 5.74) is 8.98. The number of ether oxygens (including phenoxy) is 2. The van der Waals surface area contributed by atoms with Crippen LogP contribution < -0.4 is 11.1 Å². The number of hydrogen-bond donors (Lipinski definition) is 2. The van der Waals surface area contributed by atoms with Gasteiger partial charge in [-0.1, -0.05) is 12.1 Å². The van der Waals surface area contributed by atoms with Gasteiger partial charge in [-0.05, 0) is 59.9 Å². The van der Waals surface area contributed by atoms with Crippen LogP contribution >= 0.6 is 11.3 Å². The van der Waals surface area contributed by atoms with E-state index in [0.29, 0.717) is 23.7 Å². The van der Waals surface area contributed by atoms with Gasteiger partial charge in [0.1, 0.15) is 11.9 Å². The van der Waals surface area contributed by atoms with Gasteiger partial charge >= 0.3 is 11.9 Å². The Hall–Kier alpha value is -3.31. The number of fused-ring (bicyclic) bond motifs is 1. The predicted octanol–water partition coefficient (Wildman–Crippen LogP) is 3.42. The first-order chi connectivity index (χ1) is 15.5. The maximum absolute atomic E-state index is 13.4. The summed E-state index contributed by atoms with van der Waals surface area (Å²) in [7, 11) is 1.30. The highest BCUT2D eigenvalue weighted by molar-refractivity contribution is 7.17. The normalized spacial score (nSPS) is 20.7. The van der Waals surface area contributed by atoms with Gasteiger partial charge in [0, 0.05) is 5.70 Å². The molecule has 2 heterocycles. The number of thiophene rings is 1. The smallest absolute Gasteiger partial charge is 0.338 e. The number of nitrogens with zero attached hydrogens (tertiary/aromatic N) is 1. The monoisotopic (exact) mass is 449 g/mol. The summed E-state index contributed by atoms with van der Waals surface area (Å²) < 4.78 is 11.6. The van der Waals surface area contributed by atoms with E-state index in [0.717, 1.165) is 47.0 Å². The van der Waals surface area contributed by atoms with Crippen LogP contribution in [0.3, 0.4) is 0 Å². The summed E-state index contributed by atoms with van der Waals surface area (Å²) in [4.78, 5) is 26.3. The minimum absolute atomic E-state index is 0.179. The van der Waals surface area contributed by atoms with E-state index in [9.17, 15) is 14.9 Å². The van der Waals surface area contributed by atoms with Gasteiger partial charge < -0.3 is 20.5 Å². The third kappa shape index (κ3) is 3.53. The summed E-state index contributed by atoms with van der Waals surface area (Å²) in [5.74, 6) is -0.968. The van der Waals surface area contributed by atoms with Crippen molar-refractivity contribution in [1.29, 1.82) is 5.26 Å². The Labute approximate surface area is 189 Å². The number of rotatable bonds is 6. The van der Waals surface area contributed by atoms with Crippen molar-refractivity contribution >= 4 is 33.4 Å². The van der Waals surface area contributed by atoms with Crippen LogP contribution in [0.4, 0.5) is 0 Å². The lowest BCUT2D eigenvalue weighted by Gasteiger charge is -2.31. The quantitative estimate of drug-likeness (QED) is 0.650. The van der Waals surface area contributed by atoms with E-state index in [4.69, 9.17) is 15.2 Å². The van der Waals surface area contributed by atoms with Gasteiger partial charge in [-0.2, -0.15) is 5.26 Å². The molecule has 0 radical (unpaired) electrons. The van der Waals surface area contributed by atoms with Crippen LogP contribution in [0.25, 0.3) is 10.1 Å². The third-order valence-electron chi connectivity index (χ3n) is 6.25. The molecule has 2 aromatic rings. The molecule has 2 fully saturated rings. The average Bonchev–Trinajstić information content (AvgIpc) is 3.73. The van der Waals surface area contributed by atoms with Crippen molar-refractivity contribution in [2.24, 2.45) is 17.6 Å². The van der Waals surface area contributed by atoms with Crippen LogP contribution in [-0.2, 0) is 19.1 Å². The van der Waals surface area contributed by atoms with Gasteiger partial charge in [-0.3, -0.25) is 0 Å². The van der Waals surface area contributed by atoms with Crippen molar-refractivity contribution in [3.8, 4) is 6.07 Å². The Kier molecular flexibility index (Phi) is 5.14. The molecule has 0 amide bonds. The van der Waals surface area contributed by atoms with Gasteiger partial charge in [0.2, 0.25) is 0 Å². The Morgan fingerprint density at radius 1 is 1.22 bits per heavy atom. The van der Waals surface area contributed by atoms with Crippen LogP contribution in [0, 0.1) is 23.2 Å². The van der Waals surface area contributed by atoms with Crippen LogP contribution in [0.2, 0.25) is 0 Å². The highest BCUT2D eigenvalue weighted by atomic mass is 32.1. The molecule has 1 aliphatic heterocycles. The molecule has 164 valence electrons. The summed E-state index contributed by atoms with van der Waals surface area (Å²) in [6.07, 6.45) is 4.02.